The lowest BCUT2D eigenvalue weighted by Gasteiger charge is -2.27. The fourth-order valence-corrected chi connectivity index (χ4v) is 3.05. The van der Waals surface area contributed by atoms with Crippen molar-refractivity contribution in [3.63, 3.8) is 0 Å². The van der Waals surface area contributed by atoms with Gasteiger partial charge in [0.1, 0.15) is 6.54 Å². The average Bonchev–Trinajstić information content (AvgIpc) is 3.12. The molecule has 1 amide bonds. The van der Waals surface area contributed by atoms with Gasteiger partial charge in [-0.05, 0) is 6.92 Å². The second-order valence-electron chi connectivity index (χ2n) is 6.22. The lowest BCUT2D eigenvalue weighted by Crippen LogP contribution is -2.42. The van der Waals surface area contributed by atoms with E-state index in [2.05, 4.69) is 10.1 Å². The molecule has 4 rings (SSSR count). The van der Waals surface area contributed by atoms with Crippen molar-refractivity contribution >= 4 is 11.7 Å². The summed E-state index contributed by atoms with van der Waals surface area (Å²) in [7, 11) is 0. The molecule has 0 N–H and O–H groups in total. The Labute approximate surface area is 149 Å². The molecule has 1 aliphatic heterocycles. The van der Waals surface area contributed by atoms with Gasteiger partial charge in [-0.25, -0.2) is 0 Å². The van der Waals surface area contributed by atoms with Gasteiger partial charge in [-0.3, -0.25) is 9.59 Å². The smallest absolute Gasteiger partial charge is 0.275 e. The minimum absolute atomic E-state index is 0.0220. The van der Waals surface area contributed by atoms with E-state index in [1.54, 1.807) is 16.4 Å². The van der Waals surface area contributed by atoms with Crippen molar-refractivity contribution in [2.24, 2.45) is 0 Å². The van der Waals surface area contributed by atoms with E-state index in [0.29, 0.717) is 43.6 Å². The Balaban J connectivity index is 1.75. The van der Waals surface area contributed by atoms with Crippen LogP contribution in [0.1, 0.15) is 5.69 Å². The molecule has 3 heterocycles. The number of aryl methyl sites for hydroxylation is 1. The molecule has 0 atom stereocenters. The predicted molar refractivity (Wildman–Crippen MR) is 94.8 cm³/mol. The van der Waals surface area contributed by atoms with E-state index in [4.69, 9.17) is 4.74 Å². The quantitative estimate of drug-likeness (QED) is 0.693. The number of nitrogens with zero attached hydrogens (tertiary/aromatic N) is 5. The molecular formula is C18H19N5O3. The summed E-state index contributed by atoms with van der Waals surface area (Å²) in [6.45, 7) is 4.17. The minimum Gasteiger partial charge on any atom is -0.378 e. The molecule has 1 saturated heterocycles. The van der Waals surface area contributed by atoms with Gasteiger partial charge in [0.2, 0.25) is 11.7 Å². The zero-order chi connectivity index (χ0) is 18.1. The van der Waals surface area contributed by atoms with Crippen molar-refractivity contribution in [2.75, 3.05) is 26.3 Å². The van der Waals surface area contributed by atoms with E-state index in [0.717, 1.165) is 5.56 Å². The first-order chi connectivity index (χ1) is 12.6. The Morgan fingerprint density at radius 2 is 1.92 bits per heavy atom. The van der Waals surface area contributed by atoms with Gasteiger partial charge < -0.3 is 14.2 Å². The Hall–Kier alpha value is -3.00. The minimum atomic E-state index is -0.262. The molecule has 0 saturated carbocycles. The summed E-state index contributed by atoms with van der Waals surface area (Å²) in [5, 5.41) is 4.33. The third-order valence-electron chi connectivity index (χ3n) is 4.49. The van der Waals surface area contributed by atoms with Crippen molar-refractivity contribution in [3.05, 3.63) is 52.4 Å². The number of carbonyl (C=O) groups is 1. The maximum Gasteiger partial charge on any atom is 0.275 e. The first-order valence-electron chi connectivity index (χ1n) is 8.51. The number of fused-ring (bicyclic) bond motifs is 1. The predicted octanol–water partition coefficient (Wildman–Crippen LogP) is 0.725. The Kier molecular flexibility index (Phi) is 4.26. The van der Waals surface area contributed by atoms with E-state index in [9.17, 15) is 9.59 Å². The molecule has 8 nitrogen and oxygen atoms in total. The number of amides is 1. The second kappa shape index (κ2) is 6.72. The SMILES string of the molecule is Cc1cc(=O)n2nc(-c3ccccc3)nc2n1CC(=O)N1CCOCC1. The molecule has 1 aliphatic rings. The summed E-state index contributed by atoms with van der Waals surface area (Å²) in [4.78, 5) is 31.3. The highest BCUT2D eigenvalue weighted by Crippen LogP contribution is 2.15. The molecule has 0 radical (unpaired) electrons. The Morgan fingerprint density at radius 1 is 1.19 bits per heavy atom. The number of carbonyl (C=O) groups excluding carboxylic acids is 1. The van der Waals surface area contributed by atoms with Crippen molar-refractivity contribution in [1.82, 2.24) is 24.1 Å². The monoisotopic (exact) mass is 353 g/mol. The van der Waals surface area contributed by atoms with Gasteiger partial charge in [0.15, 0.2) is 5.82 Å². The van der Waals surface area contributed by atoms with Crippen LogP contribution in [-0.2, 0) is 16.1 Å². The van der Waals surface area contributed by atoms with Crippen molar-refractivity contribution < 1.29 is 9.53 Å². The van der Waals surface area contributed by atoms with Crippen LogP contribution >= 0.6 is 0 Å². The maximum absolute atomic E-state index is 12.6. The van der Waals surface area contributed by atoms with Crippen LogP contribution in [0.25, 0.3) is 17.2 Å². The number of benzene rings is 1. The molecule has 0 bridgehead atoms. The van der Waals surface area contributed by atoms with Crippen LogP contribution in [0.3, 0.4) is 0 Å². The highest BCUT2D eigenvalue weighted by Gasteiger charge is 2.20. The molecule has 1 fully saturated rings. The molecule has 2 aromatic heterocycles. The van der Waals surface area contributed by atoms with Crippen molar-refractivity contribution in [3.8, 4) is 11.4 Å². The molecule has 0 aliphatic carbocycles. The average molecular weight is 353 g/mol. The summed E-state index contributed by atoms with van der Waals surface area (Å²) in [6.07, 6.45) is 0. The standard InChI is InChI=1S/C18H19N5O3/c1-13-11-15(24)23-18(19-17(20-23)14-5-3-2-4-6-14)22(13)12-16(25)21-7-9-26-10-8-21/h2-6,11H,7-10,12H2,1H3. The summed E-state index contributed by atoms with van der Waals surface area (Å²) < 4.78 is 8.28. The largest absolute Gasteiger partial charge is 0.378 e. The summed E-state index contributed by atoms with van der Waals surface area (Å²) >= 11 is 0. The number of hydrogen-bond donors (Lipinski definition) is 0. The van der Waals surface area contributed by atoms with E-state index in [1.165, 1.54) is 10.6 Å². The van der Waals surface area contributed by atoms with Crippen LogP contribution in [0.2, 0.25) is 0 Å². The van der Waals surface area contributed by atoms with Gasteiger partial charge in [-0.15, -0.1) is 5.10 Å². The van der Waals surface area contributed by atoms with Gasteiger partial charge in [-0.2, -0.15) is 9.50 Å². The van der Waals surface area contributed by atoms with Gasteiger partial charge in [-0.1, -0.05) is 30.3 Å². The lowest BCUT2D eigenvalue weighted by molar-refractivity contribution is -0.135. The highest BCUT2D eigenvalue weighted by molar-refractivity contribution is 5.76. The Bertz CT molecular complexity index is 1000. The molecule has 26 heavy (non-hydrogen) atoms. The molecule has 0 spiro atoms. The number of ether oxygens (including phenoxy) is 1. The van der Waals surface area contributed by atoms with E-state index < -0.39 is 0 Å². The number of morpholine rings is 1. The van der Waals surface area contributed by atoms with Crippen LogP contribution in [0.4, 0.5) is 0 Å². The van der Waals surface area contributed by atoms with Crippen molar-refractivity contribution in [1.29, 1.82) is 0 Å². The number of hydrogen-bond acceptors (Lipinski definition) is 5. The molecule has 3 aromatic rings. The van der Waals surface area contributed by atoms with Crippen LogP contribution < -0.4 is 5.56 Å². The number of aromatic nitrogens is 4. The zero-order valence-corrected chi connectivity index (χ0v) is 14.5. The van der Waals surface area contributed by atoms with Crippen LogP contribution in [-0.4, -0.2) is 56.3 Å². The summed E-state index contributed by atoms with van der Waals surface area (Å²) in [6, 6.07) is 10.9. The highest BCUT2D eigenvalue weighted by atomic mass is 16.5. The third kappa shape index (κ3) is 2.99. The zero-order valence-electron chi connectivity index (χ0n) is 14.5. The Morgan fingerprint density at radius 3 is 2.65 bits per heavy atom. The molecule has 1 aromatic carbocycles. The van der Waals surface area contributed by atoms with E-state index in [1.807, 2.05) is 30.3 Å². The normalized spacial score (nSPS) is 14.7. The van der Waals surface area contributed by atoms with Gasteiger partial charge in [0.25, 0.3) is 5.56 Å². The van der Waals surface area contributed by atoms with Crippen LogP contribution in [0.5, 0.6) is 0 Å². The maximum atomic E-state index is 12.6. The fraction of sp³-hybridized carbons (Fsp3) is 0.333. The molecule has 8 heteroatoms. The lowest BCUT2D eigenvalue weighted by atomic mass is 10.2. The summed E-state index contributed by atoms with van der Waals surface area (Å²) in [5.74, 6) is 0.808. The van der Waals surface area contributed by atoms with Crippen molar-refractivity contribution in [2.45, 2.75) is 13.5 Å². The second-order valence-corrected chi connectivity index (χ2v) is 6.22. The van der Waals surface area contributed by atoms with Gasteiger partial charge >= 0.3 is 0 Å². The number of rotatable bonds is 3. The van der Waals surface area contributed by atoms with E-state index >= 15 is 0 Å². The van der Waals surface area contributed by atoms with Gasteiger partial charge in [0, 0.05) is 30.4 Å². The van der Waals surface area contributed by atoms with E-state index in [-0.39, 0.29) is 18.0 Å². The first-order valence-corrected chi connectivity index (χ1v) is 8.51. The topological polar surface area (TPSA) is 81.7 Å². The first kappa shape index (κ1) is 16.5. The molecule has 0 unspecified atom stereocenters. The third-order valence-corrected chi connectivity index (χ3v) is 4.49. The van der Waals surface area contributed by atoms with Crippen LogP contribution in [0.15, 0.2) is 41.2 Å². The molecular weight excluding hydrogens is 334 g/mol. The molecule has 134 valence electrons. The fourth-order valence-electron chi connectivity index (χ4n) is 3.05. The summed E-state index contributed by atoms with van der Waals surface area (Å²) in [5.41, 5.74) is 1.23. The van der Waals surface area contributed by atoms with Gasteiger partial charge in [0.05, 0.1) is 13.2 Å². The van der Waals surface area contributed by atoms with Crippen LogP contribution in [0, 0.1) is 6.92 Å².